The van der Waals surface area contributed by atoms with Gasteiger partial charge in [0.05, 0.1) is 12.2 Å². The topological polar surface area (TPSA) is 109 Å². The highest BCUT2D eigenvalue weighted by atomic mass is 16.3. The Bertz CT molecular complexity index is 855. The molecule has 0 aromatic heterocycles. The van der Waals surface area contributed by atoms with E-state index in [1.807, 2.05) is 0 Å². The Morgan fingerprint density at radius 1 is 0.536 bits per heavy atom. The SMILES string of the molecule is O=C1c2cc3c(cc2C(=O)C2CC(O)CCC12)C(=O)C1CCC(O)CC1C3=O. The van der Waals surface area contributed by atoms with Crippen molar-refractivity contribution < 1.29 is 29.4 Å². The molecule has 4 aliphatic rings. The Balaban J connectivity index is 1.63. The number of carbonyl (C=O) groups excluding carboxylic acids is 4. The molecule has 0 heterocycles. The first-order chi connectivity index (χ1) is 13.4. The van der Waals surface area contributed by atoms with Crippen molar-refractivity contribution >= 4 is 23.1 Å². The largest absolute Gasteiger partial charge is 0.393 e. The lowest BCUT2D eigenvalue weighted by molar-refractivity contribution is 0.0434. The number of carbonyl (C=O) groups is 4. The standard InChI is InChI=1S/C22H22O6/c23-9-1-3-11-13(5-9)21(27)17-8-16-18(7-15(17)19(11)25)22(28)14-6-10(24)2-4-12(14)20(16)26/h7-14,23-24H,1-6H2. The highest BCUT2D eigenvalue weighted by molar-refractivity contribution is 6.22. The van der Waals surface area contributed by atoms with Crippen molar-refractivity contribution in [3.63, 3.8) is 0 Å². The van der Waals surface area contributed by atoms with Crippen molar-refractivity contribution in [1.82, 2.24) is 0 Å². The van der Waals surface area contributed by atoms with Gasteiger partial charge in [-0.05, 0) is 50.7 Å². The van der Waals surface area contributed by atoms with E-state index in [1.165, 1.54) is 12.1 Å². The third kappa shape index (κ3) is 2.40. The van der Waals surface area contributed by atoms with Crippen LogP contribution >= 0.6 is 0 Å². The molecule has 6 atom stereocenters. The second-order valence-corrected chi connectivity index (χ2v) is 8.76. The lowest BCUT2D eigenvalue weighted by atomic mass is 9.63. The number of Topliss-reactive ketones (excluding diaryl/α,β-unsaturated/α-hetero) is 4. The van der Waals surface area contributed by atoms with Crippen LogP contribution in [0.1, 0.15) is 80.0 Å². The minimum absolute atomic E-state index is 0.166. The zero-order valence-corrected chi connectivity index (χ0v) is 15.4. The fourth-order valence-electron chi connectivity index (χ4n) is 5.72. The van der Waals surface area contributed by atoms with Crippen LogP contribution in [0.5, 0.6) is 0 Å². The summed E-state index contributed by atoms with van der Waals surface area (Å²) < 4.78 is 0. The van der Waals surface area contributed by atoms with Gasteiger partial charge in [0.15, 0.2) is 23.1 Å². The molecular weight excluding hydrogens is 360 g/mol. The van der Waals surface area contributed by atoms with Crippen LogP contribution in [0.2, 0.25) is 0 Å². The van der Waals surface area contributed by atoms with Crippen LogP contribution in [0.3, 0.4) is 0 Å². The van der Waals surface area contributed by atoms with Crippen LogP contribution in [0, 0.1) is 23.7 Å². The molecule has 5 rings (SSSR count). The third-order valence-electron chi connectivity index (χ3n) is 7.21. The summed E-state index contributed by atoms with van der Waals surface area (Å²) in [7, 11) is 0. The molecule has 2 saturated carbocycles. The number of hydrogen-bond donors (Lipinski definition) is 2. The molecule has 0 spiro atoms. The molecule has 146 valence electrons. The molecule has 1 aromatic rings. The summed E-state index contributed by atoms with van der Waals surface area (Å²) in [4.78, 5) is 52.2. The minimum Gasteiger partial charge on any atom is -0.393 e. The first-order valence-corrected chi connectivity index (χ1v) is 10.1. The molecule has 2 fully saturated rings. The second kappa shape index (κ2) is 6.16. The molecule has 6 nitrogen and oxygen atoms in total. The minimum atomic E-state index is -0.588. The number of fused-ring (bicyclic) bond motifs is 4. The summed E-state index contributed by atoms with van der Waals surface area (Å²) in [6, 6.07) is 2.90. The van der Waals surface area contributed by atoms with Crippen LogP contribution in [-0.4, -0.2) is 45.6 Å². The van der Waals surface area contributed by atoms with Crippen molar-refractivity contribution in [2.45, 2.75) is 50.7 Å². The number of rotatable bonds is 0. The van der Waals surface area contributed by atoms with Gasteiger partial charge >= 0.3 is 0 Å². The van der Waals surface area contributed by atoms with E-state index in [4.69, 9.17) is 0 Å². The molecule has 0 radical (unpaired) electrons. The molecular formula is C22H22O6. The number of hydrogen-bond acceptors (Lipinski definition) is 6. The highest BCUT2D eigenvalue weighted by Crippen LogP contribution is 2.44. The fraction of sp³-hybridized carbons (Fsp3) is 0.545. The first-order valence-electron chi connectivity index (χ1n) is 10.1. The summed E-state index contributed by atoms with van der Waals surface area (Å²) in [5.41, 5.74) is 0.902. The van der Waals surface area contributed by atoms with Crippen LogP contribution in [0.15, 0.2) is 12.1 Å². The average molecular weight is 382 g/mol. The van der Waals surface area contributed by atoms with Gasteiger partial charge in [-0.25, -0.2) is 0 Å². The van der Waals surface area contributed by atoms with Gasteiger partial charge in [0.1, 0.15) is 0 Å². The van der Waals surface area contributed by atoms with Crippen LogP contribution in [0.25, 0.3) is 0 Å². The number of ketones is 4. The fourth-order valence-corrected chi connectivity index (χ4v) is 5.72. The predicted molar refractivity (Wildman–Crippen MR) is 97.4 cm³/mol. The summed E-state index contributed by atoms with van der Waals surface area (Å²) in [5, 5.41) is 19.9. The Morgan fingerprint density at radius 2 is 0.857 bits per heavy atom. The monoisotopic (exact) mass is 382 g/mol. The maximum atomic E-state index is 13.0. The van der Waals surface area contributed by atoms with Crippen molar-refractivity contribution in [1.29, 1.82) is 0 Å². The van der Waals surface area contributed by atoms with Crippen LogP contribution < -0.4 is 0 Å². The Kier molecular flexibility index (Phi) is 3.93. The van der Waals surface area contributed by atoms with E-state index in [0.717, 1.165) is 0 Å². The Hall–Kier alpha value is -2.18. The molecule has 0 aliphatic heterocycles. The van der Waals surface area contributed by atoms with Gasteiger partial charge in [-0.1, -0.05) is 0 Å². The third-order valence-corrected chi connectivity index (χ3v) is 7.21. The highest BCUT2D eigenvalue weighted by Gasteiger charge is 2.48. The summed E-state index contributed by atoms with van der Waals surface area (Å²) in [6.45, 7) is 0. The normalized spacial score (nSPS) is 37.1. The zero-order valence-electron chi connectivity index (χ0n) is 15.4. The van der Waals surface area contributed by atoms with Gasteiger partial charge in [0.2, 0.25) is 0 Å². The molecule has 0 amide bonds. The quantitative estimate of drug-likeness (QED) is 0.710. The van der Waals surface area contributed by atoms with Gasteiger partial charge in [0.25, 0.3) is 0 Å². The maximum absolute atomic E-state index is 13.0. The lowest BCUT2D eigenvalue weighted by Gasteiger charge is -2.39. The van der Waals surface area contributed by atoms with E-state index in [1.54, 1.807) is 0 Å². The summed E-state index contributed by atoms with van der Waals surface area (Å²) >= 11 is 0. The molecule has 6 unspecified atom stereocenters. The van der Waals surface area contributed by atoms with Gasteiger partial charge in [0, 0.05) is 45.9 Å². The molecule has 0 bridgehead atoms. The van der Waals surface area contributed by atoms with E-state index < -0.39 is 35.9 Å². The number of aliphatic hydroxyl groups is 2. The van der Waals surface area contributed by atoms with Crippen molar-refractivity contribution in [3.05, 3.63) is 34.4 Å². The molecule has 1 aromatic carbocycles. The first kappa shape index (κ1) is 17.9. The van der Waals surface area contributed by atoms with E-state index in [9.17, 15) is 29.4 Å². The van der Waals surface area contributed by atoms with Crippen molar-refractivity contribution in [3.8, 4) is 0 Å². The molecule has 6 heteroatoms. The second-order valence-electron chi connectivity index (χ2n) is 8.76. The average Bonchev–Trinajstić information content (AvgIpc) is 2.69. The Labute approximate surface area is 161 Å². The van der Waals surface area contributed by atoms with E-state index in [2.05, 4.69) is 0 Å². The van der Waals surface area contributed by atoms with Gasteiger partial charge in [-0.3, -0.25) is 19.2 Å². The lowest BCUT2D eigenvalue weighted by Crippen LogP contribution is -2.44. The van der Waals surface area contributed by atoms with Gasteiger partial charge in [-0.15, -0.1) is 0 Å². The van der Waals surface area contributed by atoms with Crippen LogP contribution in [0.4, 0.5) is 0 Å². The summed E-state index contributed by atoms with van der Waals surface area (Å²) in [6.07, 6.45) is 1.24. The predicted octanol–water partition coefficient (Wildman–Crippen LogP) is 2.00. The molecule has 0 saturated heterocycles. The molecule has 28 heavy (non-hydrogen) atoms. The Morgan fingerprint density at radius 3 is 1.21 bits per heavy atom. The van der Waals surface area contributed by atoms with Crippen molar-refractivity contribution in [2.24, 2.45) is 23.7 Å². The zero-order chi connectivity index (χ0) is 19.7. The van der Waals surface area contributed by atoms with E-state index >= 15 is 0 Å². The number of aliphatic hydroxyl groups excluding tert-OH is 2. The van der Waals surface area contributed by atoms with Crippen molar-refractivity contribution in [2.75, 3.05) is 0 Å². The maximum Gasteiger partial charge on any atom is 0.167 e. The van der Waals surface area contributed by atoms with E-state index in [-0.39, 0.29) is 58.2 Å². The van der Waals surface area contributed by atoms with Gasteiger partial charge < -0.3 is 10.2 Å². The summed E-state index contributed by atoms with van der Waals surface area (Å²) in [5.74, 6) is -2.76. The van der Waals surface area contributed by atoms with Gasteiger partial charge in [-0.2, -0.15) is 0 Å². The van der Waals surface area contributed by atoms with Crippen LogP contribution in [-0.2, 0) is 0 Å². The van der Waals surface area contributed by atoms with E-state index in [0.29, 0.717) is 25.7 Å². The number of benzene rings is 1. The molecule has 2 N–H and O–H groups in total. The smallest absolute Gasteiger partial charge is 0.167 e. The molecule has 4 aliphatic carbocycles.